The summed E-state index contributed by atoms with van der Waals surface area (Å²) in [4.78, 5) is 13.9. The third kappa shape index (κ3) is 3.27. The van der Waals surface area contributed by atoms with Gasteiger partial charge in [-0.25, -0.2) is 8.42 Å². The van der Waals surface area contributed by atoms with Crippen molar-refractivity contribution < 1.29 is 17.9 Å². The summed E-state index contributed by atoms with van der Waals surface area (Å²) in [5.41, 5.74) is 0.761. The first kappa shape index (κ1) is 16.4. The maximum Gasteiger partial charge on any atom is 0.245 e. The zero-order valence-corrected chi connectivity index (χ0v) is 14.1. The first-order chi connectivity index (χ1) is 11.0. The molecule has 0 saturated carbocycles. The Labute approximate surface area is 137 Å². The molecule has 1 aromatic carbocycles. The van der Waals surface area contributed by atoms with E-state index in [1.807, 2.05) is 0 Å². The molecule has 7 heteroatoms. The SMILES string of the molecule is CC1OCCCN1S(=O)(=O)c1ccc(N2CCCCC2=O)cc1. The summed E-state index contributed by atoms with van der Waals surface area (Å²) < 4.78 is 32.2. The first-order valence-electron chi connectivity index (χ1n) is 8.04. The van der Waals surface area contributed by atoms with Crippen LogP contribution >= 0.6 is 0 Å². The normalized spacial score (nSPS) is 24.0. The Morgan fingerprint density at radius 1 is 1.09 bits per heavy atom. The molecule has 0 bridgehead atoms. The van der Waals surface area contributed by atoms with Crippen LogP contribution in [0.1, 0.15) is 32.6 Å². The Balaban J connectivity index is 1.82. The maximum absolute atomic E-state index is 12.7. The molecule has 126 valence electrons. The molecule has 1 unspecified atom stereocenters. The molecule has 2 heterocycles. The van der Waals surface area contributed by atoms with E-state index in [9.17, 15) is 13.2 Å². The minimum Gasteiger partial charge on any atom is -0.362 e. The number of hydrogen-bond acceptors (Lipinski definition) is 4. The molecule has 1 amide bonds. The van der Waals surface area contributed by atoms with Crippen molar-refractivity contribution in [2.45, 2.75) is 43.7 Å². The molecule has 1 atom stereocenters. The highest BCUT2D eigenvalue weighted by Crippen LogP contribution is 2.26. The average Bonchev–Trinajstić information content (AvgIpc) is 2.56. The van der Waals surface area contributed by atoms with E-state index in [0.717, 1.165) is 18.5 Å². The first-order valence-corrected chi connectivity index (χ1v) is 9.48. The summed E-state index contributed by atoms with van der Waals surface area (Å²) in [5.74, 6) is 0.102. The molecule has 2 aliphatic heterocycles. The van der Waals surface area contributed by atoms with Crippen LogP contribution in [0.25, 0.3) is 0 Å². The van der Waals surface area contributed by atoms with Crippen LogP contribution < -0.4 is 4.90 Å². The standard InChI is InChI=1S/C16H22N2O4S/c1-13-18(11-4-12-22-13)23(20,21)15-8-6-14(7-9-15)17-10-3-2-5-16(17)19/h6-9,13H,2-5,10-12H2,1H3. The minimum atomic E-state index is -3.57. The highest BCUT2D eigenvalue weighted by molar-refractivity contribution is 7.89. The van der Waals surface area contributed by atoms with E-state index < -0.39 is 16.3 Å². The number of rotatable bonds is 3. The number of piperidine rings is 1. The third-order valence-corrected chi connectivity index (χ3v) is 6.33. The van der Waals surface area contributed by atoms with Crippen molar-refractivity contribution >= 4 is 21.6 Å². The molecular formula is C16H22N2O4S. The number of benzene rings is 1. The fourth-order valence-electron chi connectivity index (χ4n) is 3.07. The van der Waals surface area contributed by atoms with Gasteiger partial charge in [-0.1, -0.05) is 0 Å². The fourth-order valence-corrected chi connectivity index (χ4v) is 4.64. The van der Waals surface area contributed by atoms with Gasteiger partial charge in [0.05, 0.1) is 4.90 Å². The summed E-state index contributed by atoms with van der Waals surface area (Å²) >= 11 is 0. The van der Waals surface area contributed by atoms with Gasteiger partial charge < -0.3 is 9.64 Å². The summed E-state index contributed by atoms with van der Waals surface area (Å²) in [7, 11) is -3.57. The van der Waals surface area contributed by atoms with E-state index >= 15 is 0 Å². The number of carbonyl (C=O) groups excluding carboxylic acids is 1. The van der Waals surface area contributed by atoms with Gasteiger partial charge in [0, 0.05) is 31.8 Å². The fraction of sp³-hybridized carbons (Fsp3) is 0.562. The van der Waals surface area contributed by atoms with Gasteiger partial charge in [-0.2, -0.15) is 4.31 Å². The molecule has 2 saturated heterocycles. The monoisotopic (exact) mass is 338 g/mol. The zero-order valence-electron chi connectivity index (χ0n) is 13.3. The summed E-state index contributed by atoms with van der Waals surface area (Å²) in [6.45, 7) is 3.50. The third-order valence-electron chi connectivity index (χ3n) is 4.37. The van der Waals surface area contributed by atoms with Gasteiger partial charge in [-0.05, 0) is 50.5 Å². The maximum atomic E-state index is 12.7. The molecule has 0 aliphatic carbocycles. The molecule has 1 aromatic rings. The van der Waals surface area contributed by atoms with Crippen LogP contribution in [0.2, 0.25) is 0 Å². The predicted octanol–water partition coefficient (Wildman–Crippen LogP) is 1.96. The zero-order chi connectivity index (χ0) is 16.4. The Bertz CT molecular complexity index is 672. The Morgan fingerprint density at radius 2 is 1.83 bits per heavy atom. The average molecular weight is 338 g/mol. The highest BCUT2D eigenvalue weighted by Gasteiger charge is 2.31. The van der Waals surface area contributed by atoms with Gasteiger partial charge in [0.1, 0.15) is 6.23 Å². The van der Waals surface area contributed by atoms with Crippen molar-refractivity contribution in [3.8, 4) is 0 Å². The lowest BCUT2D eigenvalue weighted by molar-refractivity contribution is -0.119. The lowest BCUT2D eigenvalue weighted by Gasteiger charge is -2.32. The number of hydrogen-bond donors (Lipinski definition) is 0. The van der Waals surface area contributed by atoms with Crippen molar-refractivity contribution in [3.05, 3.63) is 24.3 Å². The van der Waals surface area contributed by atoms with E-state index in [1.165, 1.54) is 4.31 Å². The molecule has 3 rings (SSSR count). The Morgan fingerprint density at radius 3 is 2.48 bits per heavy atom. The smallest absolute Gasteiger partial charge is 0.245 e. The van der Waals surface area contributed by atoms with Crippen molar-refractivity contribution in [2.75, 3.05) is 24.6 Å². The lowest BCUT2D eigenvalue weighted by atomic mass is 10.1. The van der Waals surface area contributed by atoms with Gasteiger partial charge in [0.25, 0.3) is 0 Å². The topological polar surface area (TPSA) is 66.9 Å². The summed E-state index contributed by atoms with van der Waals surface area (Å²) in [5, 5.41) is 0. The van der Waals surface area contributed by atoms with Crippen molar-refractivity contribution in [1.29, 1.82) is 0 Å². The lowest BCUT2D eigenvalue weighted by Crippen LogP contribution is -2.44. The van der Waals surface area contributed by atoms with Crippen LogP contribution in [-0.2, 0) is 19.6 Å². The summed E-state index contributed by atoms with van der Waals surface area (Å²) in [6, 6.07) is 6.58. The largest absolute Gasteiger partial charge is 0.362 e. The molecule has 2 aliphatic rings. The molecule has 23 heavy (non-hydrogen) atoms. The second-order valence-electron chi connectivity index (χ2n) is 5.94. The van der Waals surface area contributed by atoms with Crippen LogP contribution in [0.15, 0.2) is 29.2 Å². The Hall–Kier alpha value is -1.44. The van der Waals surface area contributed by atoms with Crippen molar-refractivity contribution in [3.63, 3.8) is 0 Å². The van der Waals surface area contributed by atoms with Crippen LogP contribution in [0, 0.1) is 0 Å². The molecule has 0 spiro atoms. The molecular weight excluding hydrogens is 316 g/mol. The van der Waals surface area contributed by atoms with Crippen LogP contribution in [-0.4, -0.2) is 44.6 Å². The number of anilines is 1. The van der Waals surface area contributed by atoms with Gasteiger partial charge >= 0.3 is 0 Å². The van der Waals surface area contributed by atoms with Crippen LogP contribution in [0.3, 0.4) is 0 Å². The quantitative estimate of drug-likeness (QED) is 0.845. The van der Waals surface area contributed by atoms with E-state index in [4.69, 9.17) is 4.74 Å². The minimum absolute atomic E-state index is 0.102. The van der Waals surface area contributed by atoms with Crippen LogP contribution in [0.4, 0.5) is 5.69 Å². The number of carbonyl (C=O) groups is 1. The van der Waals surface area contributed by atoms with E-state index in [-0.39, 0.29) is 10.8 Å². The predicted molar refractivity (Wildman–Crippen MR) is 86.6 cm³/mol. The van der Waals surface area contributed by atoms with Gasteiger partial charge in [0.15, 0.2) is 0 Å². The van der Waals surface area contributed by atoms with Crippen molar-refractivity contribution in [2.24, 2.45) is 0 Å². The number of amides is 1. The molecule has 0 N–H and O–H groups in total. The summed E-state index contributed by atoms with van der Waals surface area (Å²) in [6.07, 6.45) is 2.72. The van der Waals surface area contributed by atoms with Crippen molar-refractivity contribution in [1.82, 2.24) is 4.31 Å². The molecule has 6 nitrogen and oxygen atoms in total. The van der Waals surface area contributed by atoms with Gasteiger partial charge in [0.2, 0.25) is 15.9 Å². The number of sulfonamides is 1. The Kier molecular flexibility index (Phi) is 4.70. The highest BCUT2D eigenvalue weighted by atomic mass is 32.2. The molecule has 2 fully saturated rings. The number of ether oxygens (including phenoxy) is 1. The molecule has 0 aromatic heterocycles. The molecule has 0 radical (unpaired) electrons. The van der Waals surface area contributed by atoms with E-state index in [2.05, 4.69) is 0 Å². The van der Waals surface area contributed by atoms with E-state index in [0.29, 0.717) is 32.5 Å². The second-order valence-corrected chi connectivity index (χ2v) is 7.83. The van der Waals surface area contributed by atoms with E-state index in [1.54, 1.807) is 36.1 Å². The van der Waals surface area contributed by atoms with Crippen LogP contribution in [0.5, 0.6) is 0 Å². The van der Waals surface area contributed by atoms with Gasteiger partial charge in [-0.3, -0.25) is 4.79 Å². The second kappa shape index (κ2) is 6.59. The number of nitrogens with zero attached hydrogens (tertiary/aromatic N) is 2. The van der Waals surface area contributed by atoms with Gasteiger partial charge in [-0.15, -0.1) is 0 Å².